The molecule has 6 heteroatoms. The van der Waals surface area contributed by atoms with E-state index in [2.05, 4.69) is 26.4 Å². The Bertz CT molecular complexity index is 758. The van der Waals surface area contributed by atoms with Crippen LogP contribution in [0.3, 0.4) is 0 Å². The van der Waals surface area contributed by atoms with Crippen molar-refractivity contribution in [1.82, 2.24) is 10.3 Å². The first kappa shape index (κ1) is 16.7. The van der Waals surface area contributed by atoms with Crippen molar-refractivity contribution in [2.45, 2.75) is 12.5 Å². The lowest BCUT2D eigenvalue weighted by Crippen LogP contribution is -2.39. The number of carbonyl (C=O) groups excluding carboxylic acids is 1. The van der Waals surface area contributed by atoms with Gasteiger partial charge in [0.25, 0.3) is 0 Å². The molecule has 2 aromatic rings. The molecule has 1 aliphatic rings. The largest absolute Gasteiger partial charge is 0.479 e. The van der Waals surface area contributed by atoms with Gasteiger partial charge in [0.1, 0.15) is 18.2 Å². The maximum atomic E-state index is 12.3. The van der Waals surface area contributed by atoms with E-state index in [1.165, 1.54) is 0 Å². The standard InChI is InChI=1S/C19H20N4O2/c1-2-13-25-17-8-4-3-7-16(17)22-19(24)21-15-10-12-23(14-15)18-9-5-6-11-20-18/h1,3-9,11,15H,10,12-14H2,(H2,21,22,24)/t15-/m1/s1. The van der Waals surface area contributed by atoms with Crippen LogP contribution in [0.5, 0.6) is 5.75 Å². The molecule has 1 atom stereocenters. The Morgan fingerprint density at radius 2 is 2.16 bits per heavy atom. The fourth-order valence-electron chi connectivity index (χ4n) is 2.79. The molecule has 3 rings (SSSR count). The van der Waals surface area contributed by atoms with Crippen LogP contribution in [0.1, 0.15) is 6.42 Å². The van der Waals surface area contributed by atoms with Gasteiger partial charge in [0, 0.05) is 25.3 Å². The van der Waals surface area contributed by atoms with Crippen LogP contribution in [0.2, 0.25) is 0 Å². The number of urea groups is 1. The Labute approximate surface area is 147 Å². The normalized spacial score (nSPS) is 16.1. The van der Waals surface area contributed by atoms with Gasteiger partial charge in [0.05, 0.1) is 5.69 Å². The van der Waals surface area contributed by atoms with Crippen LogP contribution >= 0.6 is 0 Å². The van der Waals surface area contributed by atoms with E-state index in [1.54, 1.807) is 18.3 Å². The van der Waals surface area contributed by atoms with E-state index in [-0.39, 0.29) is 18.7 Å². The van der Waals surface area contributed by atoms with Crippen LogP contribution in [0, 0.1) is 12.3 Å². The Hall–Kier alpha value is -3.20. The molecular weight excluding hydrogens is 316 g/mol. The maximum absolute atomic E-state index is 12.3. The number of nitrogens with zero attached hydrogens (tertiary/aromatic N) is 2. The maximum Gasteiger partial charge on any atom is 0.319 e. The lowest BCUT2D eigenvalue weighted by molar-refractivity contribution is 0.249. The lowest BCUT2D eigenvalue weighted by atomic mass is 10.2. The summed E-state index contributed by atoms with van der Waals surface area (Å²) in [4.78, 5) is 18.8. The molecule has 0 spiro atoms. The minimum Gasteiger partial charge on any atom is -0.479 e. The first-order valence-electron chi connectivity index (χ1n) is 8.15. The van der Waals surface area contributed by atoms with Crippen LogP contribution in [-0.4, -0.2) is 36.8 Å². The van der Waals surface area contributed by atoms with Gasteiger partial charge < -0.3 is 20.3 Å². The molecule has 2 heterocycles. The summed E-state index contributed by atoms with van der Waals surface area (Å²) in [6.07, 6.45) is 7.86. The first-order chi connectivity index (χ1) is 12.3. The number of hydrogen-bond acceptors (Lipinski definition) is 4. The van der Waals surface area contributed by atoms with Crippen molar-refractivity contribution in [2.24, 2.45) is 0 Å². The molecule has 0 aliphatic carbocycles. The summed E-state index contributed by atoms with van der Waals surface area (Å²) >= 11 is 0. The average molecular weight is 336 g/mol. The Balaban J connectivity index is 1.55. The first-order valence-corrected chi connectivity index (χ1v) is 8.15. The van der Waals surface area contributed by atoms with E-state index in [4.69, 9.17) is 11.2 Å². The Morgan fingerprint density at radius 1 is 1.32 bits per heavy atom. The second-order valence-electron chi connectivity index (χ2n) is 5.71. The van der Waals surface area contributed by atoms with E-state index >= 15 is 0 Å². The van der Waals surface area contributed by atoms with Gasteiger partial charge in [-0.1, -0.05) is 24.1 Å². The summed E-state index contributed by atoms with van der Waals surface area (Å²) < 4.78 is 5.44. The Kier molecular flexibility index (Phi) is 5.37. The SMILES string of the molecule is C#CCOc1ccccc1NC(=O)N[C@@H]1CCN(c2ccccn2)C1. The van der Waals surface area contributed by atoms with E-state index in [0.29, 0.717) is 11.4 Å². The number of rotatable bonds is 5. The fourth-order valence-corrected chi connectivity index (χ4v) is 2.79. The smallest absolute Gasteiger partial charge is 0.319 e. The lowest BCUT2D eigenvalue weighted by Gasteiger charge is -2.18. The molecule has 0 radical (unpaired) electrons. The van der Waals surface area contributed by atoms with Crippen LogP contribution in [0.25, 0.3) is 0 Å². The summed E-state index contributed by atoms with van der Waals surface area (Å²) in [5.41, 5.74) is 0.592. The molecule has 2 amide bonds. The number of para-hydroxylation sites is 2. The number of aromatic nitrogens is 1. The summed E-state index contributed by atoms with van der Waals surface area (Å²) in [5.74, 6) is 3.90. The summed E-state index contributed by atoms with van der Waals surface area (Å²) in [6.45, 7) is 1.76. The molecule has 25 heavy (non-hydrogen) atoms. The minimum atomic E-state index is -0.260. The van der Waals surface area contributed by atoms with Gasteiger partial charge in [-0.05, 0) is 30.7 Å². The van der Waals surface area contributed by atoms with Gasteiger partial charge >= 0.3 is 6.03 Å². The molecule has 2 N–H and O–H groups in total. The van der Waals surface area contributed by atoms with Crippen molar-refractivity contribution in [2.75, 3.05) is 29.9 Å². The molecule has 1 aromatic heterocycles. The average Bonchev–Trinajstić information content (AvgIpc) is 3.10. The minimum absolute atomic E-state index is 0.0702. The number of pyridine rings is 1. The number of terminal acetylenes is 1. The number of carbonyl (C=O) groups is 1. The van der Waals surface area contributed by atoms with Crippen LogP contribution in [0.15, 0.2) is 48.7 Å². The summed E-state index contributed by atoms with van der Waals surface area (Å²) in [5, 5.41) is 5.82. The molecule has 0 bridgehead atoms. The monoisotopic (exact) mass is 336 g/mol. The topological polar surface area (TPSA) is 66.5 Å². The number of benzene rings is 1. The number of ether oxygens (including phenoxy) is 1. The zero-order valence-electron chi connectivity index (χ0n) is 13.8. The van der Waals surface area contributed by atoms with Crippen molar-refractivity contribution in [1.29, 1.82) is 0 Å². The van der Waals surface area contributed by atoms with Crippen LogP contribution in [-0.2, 0) is 0 Å². The highest BCUT2D eigenvalue weighted by atomic mass is 16.5. The molecule has 1 fully saturated rings. The second kappa shape index (κ2) is 8.06. The van der Waals surface area contributed by atoms with E-state index in [9.17, 15) is 4.79 Å². The summed E-state index contributed by atoms with van der Waals surface area (Å²) in [7, 11) is 0. The van der Waals surface area contributed by atoms with Crippen molar-refractivity contribution in [3.63, 3.8) is 0 Å². The predicted octanol–water partition coefficient (Wildman–Crippen LogP) is 2.49. The second-order valence-corrected chi connectivity index (χ2v) is 5.71. The van der Waals surface area contributed by atoms with Gasteiger partial charge in [-0.25, -0.2) is 9.78 Å². The highest BCUT2D eigenvalue weighted by molar-refractivity contribution is 5.91. The van der Waals surface area contributed by atoms with Gasteiger partial charge in [-0.2, -0.15) is 0 Å². The van der Waals surface area contributed by atoms with E-state index in [0.717, 1.165) is 25.3 Å². The van der Waals surface area contributed by atoms with Crippen molar-refractivity contribution in [3.8, 4) is 18.1 Å². The zero-order valence-corrected chi connectivity index (χ0v) is 13.8. The van der Waals surface area contributed by atoms with E-state index < -0.39 is 0 Å². The molecule has 128 valence electrons. The molecular formula is C19H20N4O2. The predicted molar refractivity (Wildman–Crippen MR) is 97.8 cm³/mol. The molecule has 1 aromatic carbocycles. The highest BCUT2D eigenvalue weighted by Crippen LogP contribution is 2.23. The van der Waals surface area contributed by atoms with Gasteiger partial charge in [-0.3, -0.25) is 0 Å². The third-order valence-electron chi connectivity index (χ3n) is 3.94. The summed E-state index contributed by atoms with van der Waals surface area (Å²) in [6, 6.07) is 12.8. The highest BCUT2D eigenvalue weighted by Gasteiger charge is 2.24. The molecule has 0 saturated carbocycles. The number of amides is 2. The van der Waals surface area contributed by atoms with E-state index in [1.807, 2.05) is 30.3 Å². The quantitative estimate of drug-likeness (QED) is 0.824. The third kappa shape index (κ3) is 4.42. The molecule has 1 aliphatic heterocycles. The molecule has 6 nitrogen and oxygen atoms in total. The van der Waals surface area contributed by atoms with Crippen LogP contribution in [0.4, 0.5) is 16.3 Å². The fraction of sp³-hybridized carbons (Fsp3) is 0.263. The van der Waals surface area contributed by atoms with Crippen molar-refractivity contribution < 1.29 is 9.53 Å². The zero-order chi connectivity index (χ0) is 17.5. The van der Waals surface area contributed by atoms with Crippen LogP contribution < -0.4 is 20.3 Å². The van der Waals surface area contributed by atoms with Gasteiger partial charge in [0.15, 0.2) is 0 Å². The Morgan fingerprint density at radius 3 is 2.96 bits per heavy atom. The molecule has 0 unspecified atom stereocenters. The van der Waals surface area contributed by atoms with Crippen molar-refractivity contribution >= 4 is 17.5 Å². The van der Waals surface area contributed by atoms with Gasteiger partial charge in [-0.15, -0.1) is 6.42 Å². The number of anilines is 2. The molecule has 1 saturated heterocycles. The number of hydrogen-bond donors (Lipinski definition) is 2. The van der Waals surface area contributed by atoms with Gasteiger partial charge in [0.2, 0.25) is 0 Å². The third-order valence-corrected chi connectivity index (χ3v) is 3.94. The van der Waals surface area contributed by atoms with Crippen molar-refractivity contribution in [3.05, 3.63) is 48.7 Å². The number of nitrogens with one attached hydrogen (secondary N) is 2.